The zero-order chi connectivity index (χ0) is 15.6. The molecule has 0 spiro atoms. The second-order valence-electron chi connectivity index (χ2n) is 5.45. The number of carbonyl (C=O) groups excluding carboxylic acids is 1. The molecule has 1 aliphatic rings. The molecule has 114 valence electrons. The van der Waals surface area contributed by atoms with Gasteiger partial charge in [-0.15, -0.1) is 0 Å². The number of carbonyl (C=O) groups is 1. The van der Waals surface area contributed by atoms with E-state index in [2.05, 4.69) is 15.3 Å². The van der Waals surface area contributed by atoms with Crippen molar-refractivity contribution < 1.29 is 14.6 Å². The number of aliphatic hydroxyl groups is 1. The number of anilines is 2. The van der Waals surface area contributed by atoms with E-state index in [1.807, 2.05) is 11.0 Å². The normalized spacial score (nSPS) is 15.8. The zero-order valence-corrected chi connectivity index (χ0v) is 12.1. The molecule has 0 aliphatic carbocycles. The Bertz CT molecular complexity index is 650. The summed E-state index contributed by atoms with van der Waals surface area (Å²) in [5, 5.41) is 12.2. The van der Waals surface area contributed by atoms with Crippen LogP contribution in [0, 0.1) is 0 Å². The predicted octanol–water partition coefficient (Wildman–Crippen LogP) is 1.66. The van der Waals surface area contributed by atoms with E-state index < -0.39 is 11.7 Å². The van der Waals surface area contributed by atoms with Crippen molar-refractivity contribution in [3.05, 3.63) is 42.7 Å². The highest BCUT2D eigenvalue weighted by Crippen LogP contribution is 2.24. The van der Waals surface area contributed by atoms with Gasteiger partial charge in [-0.25, -0.2) is 14.8 Å². The van der Waals surface area contributed by atoms with Crippen LogP contribution < -0.4 is 15.0 Å². The topological polar surface area (TPSA) is 87.6 Å². The molecule has 1 aromatic carbocycles. The van der Waals surface area contributed by atoms with Crippen LogP contribution in [0.3, 0.4) is 0 Å². The van der Waals surface area contributed by atoms with Crippen molar-refractivity contribution in [2.45, 2.75) is 12.5 Å². The van der Waals surface area contributed by atoms with Gasteiger partial charge in [0.25, 0.3) is 0 Å². The summed E-state index contributed by atoms with van der Waals surface area (Å²) < 4.78 is 5.11. The van der Waals surface area contributed by atoms with E-state index in [1.165, 1.54) is 12.4 Å². The van der Waals surface area contributed by atoms with Gasteiger partial charge in [0.1, 0.15) is 5.75 Å². The van der Waals surface area contributed by atoms with Crippen molar-refractivity contribution in [3.63, 3.8) is 0 Å². The Morgan fingerprint density at radius 3 is 2.50 bits per heavy atom. The number of nitrogens with one attached hydrogen (secondary N) is 1. The van der Waals surface area contributed by atoms with Gasteiger partial charge < -0.3 is 14.7 Å². The first kappa shape index (κ1) is 14.3. The standard InChI is InChI=1S/C15H16N4O3/c1-15(21)9-19(10-15)13-16-7-11(8-17-13)18-14(20)22-12-5-3-2-4-6-12/h2-8,21H,9-10H2,1H3,(H,18,20). The van der Waals surface area contributed by atoms with Crippen LogP contribution in [-0.2, 0) is 0 Å². The number of amides is 1. The van der Waals surface area contributed by atoms with Crippen LogP contribution in [0.25, 0.3) is 0 Å². The van der Waals surface area contributed by atoms with Crippen LogP contribution in [0.15, 0.2) is 42.7 Å². The molecule has 2 heterocycles. The predicted molar refractivity (Wildman–Crippen MR) is 81.0 cm³/mol. The lowest BCUT2D eigenvalue weighted by molar-refractivity contribution is 0.0300. The molecule has 7 nitrogen and oxygen atoms in total. The van der Waals surface area contributed by atoms with Gasteiger partial charge in [-0.2, -0.15) is 0 Å². The van der Waals surface area contributed by atoms with Gasteiger partial charge in [0.05, 0.1) is 36.8 Å². The van der Waals surface area contributed by atoms with Crippen molar-refractivity contribution in [2.75, 3.05) is 23.3 Å². The van der Waals surface area contributed by atoms with E-state index in [0.717, 1.165) is 0 Å². The van der Waals surface area contributed by atoms with Gasteiger partial charge in [0, 0.05) is 0 Å². The third-order valence-electron chi connectivity index (χ3n) is 3.18. The van der Waals surface area contributed by atoms with Crippen molar-refractivity contribution in [1.29, 1.82) is 0 Å². The van der Waals surface area contributed by atoms with Gasteiger partial charge in [-0.1, -0.05) is 18.2 Å². The summed E-state index contributed by atoms with van der Waals surface area (Å²) in [7, 11) is 0. The minimum Gasteiger partial charge on any atom is -0.410 e. The van der Waals surface area contributed by atoms with Gasteiger partial charge in [-0.3, -0.25) is 5.32 Å². The van der Waals surface area contributed by atoms with E-state index >= 15 is 0 Å². The summed E-state index contributed by atoms with van der Waals surface area (Å²) in [6, 6.07) is 8.78. The molecule has 0 bridgehead atoms. The molecule has 0 unspecified atom stereocenters. The Hall–Kier alpha value is -2.67. The average Bonchev–Trinajstić information content (AvgIpc) is 2.46. The second kappa shape index (κ2) is 5.61. The molecule has 1 amide bonds. The smallest absolute Gasteiger partial charge is 0.410 e. The molecule has 1 saturated heterocycles. The van der Waals surface area contributed by atoms with Gasteiger partial charge in [0.2, 0.25) is 5.95 Å². The maximum atomic E-state index is 11.7. The second-order valence-corrected chi connectivity index (χ2v) is 5.45. The van der Waals surface area contributed by atoms with Crippen LogP contribution >= 0.6 is 0 Å². The Morgan fingerprint density at radius 1 is 1.27 bits per heavy atom. The van der Waals surface area contributed by atoms with E-state index in [-0.39, 0.29) is 0 Å². The first-order valence-corrected chi connectivity index (χ1v) is 6.85. The van der Waals surface area contributed by atoms with E-state index in [1.54, 1.807) is 31.2 Å². The fourth-order valence-corrected chi connectivity index (χ4v) is 2.21. The Kier molecular flexibility index (Phi) is 3.64. The SMILES string of the molecule is CC1(O)CN(c2ncc(NC(=O)Oc3ccccc3)cn2)C1. The molecule has 0 radical (unpaired) electrons. The Balaban J connectivity index is 1.56. The first-order chi connectivity index (χ1) is 10.5. The molecule has 3 rings (SSSR count). The average molecular weight is 300 g/mol. The number of aromatic nitrogens is 2. The highest BCUT2D eigenvalue weighted by molar-refractivity contribution is 5.85. The summed E-state index contributed by atoms with van der Waals surface area (Å²) in [5.41, 5.74) is -0.239. The summed E-state index contributed by atoms with van der Waals surface area (Å²) >= 11 is 0. The number of hydrogen-bond acceptors (Lipinski definition) is 6. The number of para-hydroxylation sites is 1. The number of benzene rings is 1. The minimum absolute atomic E-state index is 0.442. The fourth-order valence-electron chi connectivity index (χ4n) is 2.21. The molecule has 22 heavy (non-hydrogen) atoms. The van der Waals surface area contributed by atoms with Crippen LogP contribution in [0.5, 0.6) is 5.75 Å². The lowest BCUT2D eigenvalue weighted by Crippen LogP contribution is -2.60. The lowest BCUT2D eigenvalue weighted by atomic mass is 9.98. The van der Waals surface area contributed by atoms with Crippen LogP contribution in [-0.4, -0.2) is 39.9 Å². The van der Waals surface area contributed by atoms with Crippen molar-refractivity contribution >= 4 is 17.7 Å². The molecular formula is C15H16N4O3. The van der Waals surface area contributed by atoms with E-state index in [0.29, 0.717) is 30.5 Å². The molecule has 0 saturated carbocycles. The van der Waals surface area contributed by atoms with E-state index in [4.69, 9.17) is 4.74 Å². The number of nitrogens with zero attached hydrogens (tertiary/aromatic N) is 3. The third-order valence-corrected chi connectivity index (χ3v) is 3.18. The maximum Gasteiger partial charge on any atom is 0.417 e. The van der Waals surface area contributed by atoms with Crippen LogP contribution in [0.1, 0.15) is 6.92 Å². The molecule has 0 atom stereocenters. The number of ether oxygens (including phenoxy) is 1. The minimum atomic E-state index is -0.681. The van der Waals surface area contributed by atoms with Crippen molar-refractivity contribution in [2.24, 2.45) is 0 Å². The highest BCUT2D eigenvalue weighted by Gasteiger charge is 2.37. The third kappa shape index (κ3) is 3.32. The summed E-state index contributed by atoms with van der Waals surface area (Å²) in [6.45, 7) is 2.75. The molecule has 2 N–H and O–H groups in total. The monoisotopic (exact) mass is 300 g/mol. The largest absolute Gasteiger partial charge is 0.417 e. The fraction of sp³-hybridized carbons (Fsp3) is 0.267. The molecule has 1 fully saturated rings. The maximum absolute atomic E-state index is 11.7. The van der Waals surface area contributed by atoms with Gasteiger partial charge in [0.15, 0.2) is 0 Å². The van der Waals surface area contributed by atoms with E-state index in [9.17, 15) is 9.90 Å². The van der Waals surface area contributed by atoms with Crippen molar-refractivity contribution in [3.8, 4) is 5.75 Å². The van der Waals surface area contributed by atoms with Crippen molar-refractivity contribution in [1.82, 2.24) is 9.97 Å². The summed E-state index contributed by atoms with van der Waals surface area (Å²) in [5.74, 6) is 0.980. The molecule has 2 aromatic rings. The number of hydrogen-bond donors (Lipinski definition) is 2. The highest BCUT2D eigenvalue weighted by atomic mass is 16.6. The molecule has 1 aliphatic heterocycles. The first-order valence-electron chi connectivity index (χ1n) is 6.85. The van der Waals surface area contributed by atoms with Crippen LogP contribution in [0.2, 0.25) is 0 Å². The zero-order valence-electron chi connectivity index (χ0n) is 12.1. The number of β-amino-alcohol motifs (C(OH)–C–C–N with tert-alkyl or cyclic N) is 1. The molecular weight excluding hydrogens is 284 g/mol. The molecule has 1 aromatic heterocycles. The Morgan fingerprint density at radius 2 is 1.91 bits per heavy atom. The quantitative estimate of drug-likeness (QED) is 0.896. The van der Waals surface area contributed by atoms with Crippen LogP contribution in [0.4, 0.5) is 16.4 Å². The van der Waals surface area contributed by atoms with Gasteiger partial charge in [-0.05, 0) is 19.1 Å². The summed E-state index contributed by atoms with van der Waals surface area (Å²) in [6.07, 6.45) is 2.40. The Labute approximate surface area is 127 Å². The van der Waals surface area contributed by atoms with Gasteiger partial charge >= 0.3 is 6.09 Å². The number of rotatable bonds is 3. The lowest BCUT2D eigenvalue weighted by Gasteiger charge is -2.44. The summed E-state index contributed by atoms with van der Waals surface area (Å²) in [4.78, 5) is 21.9. The molecule has 7 heteroatoms.